The first kappa shape index (κ1) is 26.4. The summed E-state index contributed by atoms with van der Waals surface area (Å²) in [7, 11) is 0. The number of nitrogens with zero attached hydrogens (tertiary/aromatic N) is 2. The number of morpholine rings is 1. The highest BCUT2D eigenvalue weighted by atomic mass is 32.1. The van der Waals surface area contributed by atoms with Crippen molar-refractivity contribution in [2.24, 2.45) is 0 Å². The van der Waals surface area contributed by atoms with E-state index in [0.29, 0.717) is 31.7 Å². The van der Waals surface area contributed by atoms with Crippen LogP contribution >= 0.6 is 11.3 Å². The first-order valence-electron chi connectivity index (χ1n) is 11.6. The number of benzene rings is 1. The lowest BCUT2D eigenvalue weighted by Gasteiger charge is -2.26. The minimum Gasteiger partial charge on any atom is -0.493 e. The molecule has 0 saturated carbocycles. The molecule has 1 saturated heterocycles. The van der Waals surface area contributed by atoms with Crippen molar-refractivity contribution < 1.29 is 29.2 Å². The van der Waals surface area contributed by atoms with Gasteiger partial charge < -0.3 is 29.3 Å². The Morgan fingerprint density at radius 2 is 2.03 bits per heavy atom. The molecule has 1 aliphatic heterocycles. The van der Waals surface area contributed by atoms with Crippen LogP contribution in [-0.2, 0) is 33.7 Å². The molecule has 0 spiro atoms. The highest BCUT2D eigenvalue weighted by Gasteiger charge is 2.17. The molecule has 34 heavy (non-hydrogen) atoms. The molecule has 0 bridgehead atoms. The maximum absolute atomic E-state index is 11.0. The zero-order chi connectivity index (χ0) is 24.5. The summed E-state index contributed by atoms with van der Waals surface area (Å²) in [6.45, 7) is 9.77. The first-order valence-corrected chi connectivity index (χ1v) is 12.5. The van der Waals surface area contributed by atoms with Gasteiger partial charge >= 0.3 is 5.97 Å². The summed E-state index contributed by atoms with van der Waals surface area (Å²) in [5.74, 6) is -0.158. The Morgan fingerprint density at radius 3 is 2.74 bits per heavy atom. The van der Waals surface area contributed by atoms with E-state index in [9.17, 15) is 9.90 Å². The number of carboxylic acid groups (broad SMARTS) is 1. The van der Waals surface area contributed by atoms with Crippen molar-refractivity contribution in [3.63, 3.8) is 0 Å². The van der Waals surface area contributed by atoms with Crippen molar-refractivity contribution in [1.29, 1.82) is 0 Å². The fourth-order valence-electron chi connectivity index (χ4n) is 3.65. The molecule has 1 aromatic heterocycles. The van der Waals surface area contributed by atoms with E-state index in [-0.39, 0.29) is 12.5 Å². The van der Waals surface area contributed by atoms with Crippen LogP contribution in [0.5, 0.6) is 5.75 Å². The average molecular weight is 494 g/mol. The molecule has 2 heterocycles. The van der Waals surface area contributed by atoms with Crippen LogP contribution in [0.4, 0.5) is 5.13 Å². The number of anilines is 1. The van der Waals surface area contributed by atoms with Crippen LogP contribution in [0.3, 0.4) is 0 Å². The largest absolute Gasteiger partial charge is 0.493 e. The Labute approximate surface area is 204 Å². The van der Waals surface area contributed by atoms with Crippen LogP contribution < -0.4 is 15.0 Å². The Bertz CT molecular complexity index is 929. The van der Waals surface area contributed by atoms with Gasteiger partial charge in [-0.1, -0.05) is 6.07 Å². The predicted molar refractivity (Wildman–Crippen MR) is 131 cm³/mol. The molecule has 10 heteroatoms. The lowest BCUT2D eigenvalue weighted by atomic mass is 10.0. The predicted octanol–water partition coefficient (Wildman–Crippen LogP) is 2.72. The van der Waals surface area contributed by atoms with Gasteiger partial charge in [0.25, 0.3) is 0 Å². The second-order valence-corrected chi connectivity index (χ2v) is 9.62. The van der Waals surface area contributed by atoms with Gasteiger partial charge in [0.1, 0.15) is 5.75 Å². The van der Waals surface area contributed by atoms with E-state index in [2.05, 4.69) is 17.1 Å². The molecule has 188 valence electrons. The third-order valence-electron chi connectivity index (χ3n) is 5.42. The summed E-state index contributed by atoms with van der Waals surface area (Å²) in [5, 5.41) is 23.0. The third-order valence-corrected chi connectivity index (χ3v) is 6.50. The minimum atomic E-state index is -1.11. The van der Waals surface area contributed by atoms with Gasteiger partial charge in [-0.2, -0.15) is 0 Å². The maximum atomic E-state index is 11.0. The minimum absolute atomic E-state index is 0.0346. The number of carboxylic acids is 1. The molecule has 9 nitrogen and oxygen atoms in total. The van der Waals surface area contributed by atoms with Gasteiger partial charge in [-0.25, -0.2) is 4.98 Å². The van der Waals surface area contributed by atoms with E-state index in [1.165, 1.54) is 4.88 Å². The number of hydrogen-bond acceptors (Lipinski definition) is 9. The Kier molecular flexibility index (Phi) is 10.1. The normalized spacial score (nSPS) is 15.0. The lowest BCUT2D eigenvalue weighted by molar-refractivity contribution is -0.145. The van der Waals surface area contributed by atoms with E-state index in [1.54, 1.807) is 11.3 Å². The maximum Gasteiger partial charge on any atom is 0.303 e. The van der Waals surface area contributed by atoms with Crippen molar-refractivity contribution in [2.45, 2.75) is 59.1 Å². The summed E-state index contributed by atoms with van der Waals surface area (Å²) in [4.78, 5) is 19.3. The number of carbonyl (C=O) groups is 1. The van der Waals surface area contributed by atoms with Crippen LogP contribution in [0, 0.1) is 6.92 Å². The number of nitrogens with one attached hydrogen (secondary N) is 1. The SMILES string of the molecule is Cc1sc(N2CCOCC2)nc1CCOc1ccc(CCC(=O)O)c(CNC(O)OC(C)C)c1. The van der Waals surface area contributed by atoms with E-state index in [0.717, 1.165) is 48.3 Å². The number of aromatic nitrogens is 1. The van der Waals surface area contributed by atoms with Crippen molar-refractivity contribution >= 4 is 22.4 Å². The van der Waals surface area contributed by atoms with Crippen LogP contribution in [0.15, 0.2) is 18.2 Å². The van der Waals surface area contributed by atoms with Gasteiger partial charge in [0, 0.05) is 37.4 Å². The summed E-state index contributed by atoms with van der Waals surface area (Å²) >= 11 is 1.70. The quantitative estimate of drug-likeness (QED) is 0.363. The first-order chi connectivity index (χ1) is 16.3. The van der Waals surface area contributed by atoms with E-state index in [1.807, 2.05) is 32.0 Å². The van der Waals surface area contributed by atoms with E-state index < -0.39 is 12.4 Å². The van der Waals surface area contributed by atoms with Gasteiger partial charge in [0.2, 0.25) is 6.41 Å². The number of ether oxygens (including phenoxy) is 3. The Morgan fingerprint density at radius 1 is 1.26 bits per heavy atom. The van der Waals surface area contributed by atoms with Gasteiger partial charge in [0.15, 0.2) is 5.13 Å². The standard InChI is InChI=1S/C24H35N3O6S/c1-16(2)33-24(30)25-15-19-14-20(6-4-18(19)5-7-22(28)29)32-11-8-21-17(3)34-23(26-21)27-9-12-31-13-10-27/h4,6,14,16,24-25,30H,5,7-13,15H2,1-3H3,(H,28,29). The fourth-order valence-corrected chi connectivity index (χ4v) is 4.65. The zero-order valence-electron chi connectivity index (χ0n) is 20.1. The fraction of sp³-hybridized carbons (Fsp3) is 0.583. The molecule has 3 rings (SSSR count). The van der Waals surface area contributed by atoms with Gasteiger partial charge in [0.05, 0.1) is 31.6 Å². The molecular weight excluding hydrogens is 458 g/mol. The van der Waals surface area contributed by atoms with Crippen LogP contribution in [0.2, 0.25) is 0 Å². The average Bonchev–Trinajstić information content (AvgIpc) is 3.17. The van der Waals surface area contributed by atoms with Crippen LogP contribution in [0.1, 0.15) is 42.0 Å². The third kappa shape index (κ3) is 8.21. The molecular formula is C24H35N3O6S. The molecule has 3 N–H and O–H groups in total. The van der Waals surface area contributed by atoms with Crippen molar-refractivity contribution in [1.82, 2.24) is 10.3 Å². The number of aliphatic carboxylic acids is 1. The molecule has 2 aromatic rings. The second-order valence-electron chi connectivity index (χ2n) is 8.44. The topological polar surface area (TPSA) is 113 Å². The van der Waals surface area contributed by atoms with Gasteiger partial charge in [-0.05, 0) is 50.5 Å². The highest BCUT2D eigenvalue weighted by molar-refractivity contribution is 7.15. The van der Waals surface area contributed by atoms with Crippen LogP contribution in [-0.4, -0.2) is 66.6 Å². The number of hydrogen-bond donors (Lipinski definition) is 3. The van der Waals surface area contributed by atoms with Gasteiger partial charge in [-0.15, -0.1) is 11.3 Å². The number of aryl methyl sites for hydroxylation is 2. The summed E-state index contributed by atoms with van der Waals surface area (Å²) < 4.78 is 16.7. The molecule has 1 aliphatic rings. The molecule has 1 aromatic carbocycles. The monoisotopic (exact) mass is 493 g/mol. The van der Waals surface area contributed by atoms with E-state index >= 15 is 0 Å². The highest BCUT2D eigenvalue weighted by Crippen LogP contribution is 2.27. The Balaban J connectivity index is 1.60. The molecule has 0 amide bonds. The van der Waals surface area contributed by atoms with Crippen molar-refractivity contribution in [3.05, 3.63) is 39.9 Å². The van der Waals surface area contributed by atoms with Gasteiger partial charge in [-0.3, -0.25) is 10.1 Å². The number of rotatable bonds is 13. The number of aliphatic hydroxyl groups is 1. The lowest BCUT2D eigenvalue weighted by Crippen LogP contribution is -2.36. The summed E-state index contributed by atoms with van der Waals surface area (Å²) in [6.07, 6.45) is -0.1000. The van der Waals surface area contributed by atoms with Crippen molar-refractivity contribution in [2.75, 3.05) is 37.8 Å². The summed E-state index contributed by atoms with van der Waals surface area (Å²) in [5.41, 5.74) is 2.80. The Hall–Kier alpha value is -2.24. The molecule has 1 fully saturated rings. The number of aliphatic hydroxyl groups excluding tert-OH is 1. The zero-order valence-corrected chi connectivity index (χ0v) is 20.9. The van der Waals surface area contributed by atoms with Crippen molar-refractivity contribution in [3.8, 4) is 5.75 Å². The second kappa shape index (κ2) is 13.0. The number of thiazole rings is 1. The molecule has 1 atom stereocenters. The smallest absolute Gasteiger partial charge is 0.303 e. The summed E-state index contributed by atoms with van der Waals surface area (Å²) in [6, 6.07) is 5.63. The molecule has 0 aliphatic carbocycles. The molecule has 0 radical (unpaired) electrons. The van der Waals surface area contributed by atoms with Crippen LogP contribution in [0.25, 0.3) is 0 Å². The molecule has 1 unspecified atom stereocenters. The van der Waals surface area contributed by atoms with E-state index in [4.69, 9.17) is 24.3 Å².